The van der Waals surface area contributed by atoms with E-state index in [-0.39, 0.29) is 0 Å². The highest BCUT2D eigenvalue weighted by atomic mass is 14.2. The molecule has 14 heavy (non-hydrogen) atoms. The molecule has 0 heterocycles. The smallest absolute Gasteiger partial charge is 0.0998 e. The van der Waals surface area contributed by atoms with E-state index in [4.69, 9.17) is 5.26 Å². The Hall–Kier alpha value is -1.81. The summed E-state index contributed by atoms with van der Waals surface area (Å²) in [5.41, 5.74) is 3.10. The maximum atomic E-state index is 9.00. The van der Waals surface area contributed by atoms with Crippen molar-refractivity contribution in [3.8, 4) is 6.07 Å². The number of benzene rings is 2. The van der Waals surface area contributed by atoms with E-state index in [0.717, 1.165) is 21.9 Å². The van der Waals surface area contributed by atoms with Crippen LogP contribution in [-0.4, -0.2) is 0 Å². The number of rotatable bonds is 0. The first-order valence-electron chi connectivity index (χ1n) is 4.62. The van der Waals surface area contributed by atoms with Gasteiger partial charge >= 0.3 is 0 Å². The summed E-state index contributed by atoms with van der Waals surface area (Å²) < 4.78 is 0. The third-order valence-corrected chi connectivity index (χ3v) is 2.37. The second kappa shape index (κ2) is 3.16. The van der Waals surface area contributed by atoms with Crippen LogP contribution in [0, 0.1) is 25.2 Å². The summed E-state index contributed by atoms with van der Waals surface area (Å²) in [6, 6.07) is 12.5. The zero-order chi connectivity index (χ0) is 10.1. The minimum Gasteiger partial charge on any atom is -0.192 e. The molecular weight excluding hydrogens is 170 g/mol. The summed E-state index contributed by atoms with van der Waals surface area (Å²) in [7, 11) is 0. The van der Waals surface area contributed by atoms with Crippen LogP contribution in [0.5, 0.6) is 0 Å². The first-order chi connectivity index (χ1) is 6.70. The third kappa shape index (κ3) is 1.36. The minimum absolute atomic E-state index is 0.767. The number of aryl methyl sites for hydroxylation is 2. The van der Waals surface area contributed by atoms with Crippen LogP contribution in [0.15, 0.2) is 30.3 Å². The molecule has 0 aliphatic carbocycles. The Kier molecular flexibility index (Phi) is 1.98. The van der Waals surface area contributed by atoms with Gasteiger partial charge in [0.05, 0.1) is 11.6 Å². The molecule has 1 heteroatoms. The lowest BCUT2D eigenvalue weighted by atomic mass is 10.0. The molecule has 2 aromatic carbocycles. The SMILES string of the molecule is Cc1cc(C#N)c2cc(C)ccc2c1. The van der Waals surface area contributed by atoms with Gasteiger partial charge in [0.1, 0.15) is 0 Å². The van der Waals surface area contributed by atoms with E-state index in [0.29, 0.717) is 0 Å². The van der Waals surface area contributed by atoms with Crippen molar-refractivity contribution in [2.24, 2.45) is 0 Å². The number of nitrogens with zero attached hydrogens (tertiary/aromatic N) is 1. The second-order valence-corrected chi connectivity index (χ2v) is 3.65. The molecule has 2 rings (SSSR count). The fourth-order valence-electron chi connectivity index (χ4n) is 1.71. The average Bonchev–Trinajstić information content (AvgIpc) is 2.17. The van der Waals surface area contributed by atoms with Gasteiger partial charge in [-0.1, -0.05) is 29.8 Å². The number of hydrogen-bond acceptors (Lipinski definition) is 1. The Morgan fingerprint density at radius 1 is 1.00 bits per heavy atom. The first kappa shape index (κ1) is 8.77. The molecule has 0 N–H and O–H groups in total. The zero-order valence-corrected chi connectivity index (χ0v) is 8.33. The van der Waals surface area contributed by atoms with Crippen LogP contribution in [-0.2, 0) is 0 Å². The number of fused-ring (bicyclic) bond motifs is 1. The molecular formula is C13H11N. The highest BCUT2D eigenvalue weighted by Crippen LogP contribution is 2.21. The highest BCUT2D eigenvalue weighted by Gasteiger charge is 2.01. The lowest BCUT2D eigenvalue weighted by molar-refractivity contribution is 1.44. The van der Waals surface area contributed by atoms with Crippen molar-refractivity contribution in [3.63, 3.8) is 0 Å². The maximum Gasteiger partial charge on any atom is 0.0998 e. The van der Waals surface area contributed by atoms with Crippen molar-refractivity contribution < 1.29 is 0 Å². The molecule has 0 aliphatic heterocycles. The van der Waals surface area contributed by atoms with Gasteiger partial charge in [-0.3, -0.25) is 0 Å². The first-order valence-corrected chi connectivity index (χ1v) is 4.62. The molecule has 0 radical (unpaired) electrons. The van der Waals surface area contributed by atoms with Gasteiger partial charge in [0.15, 0.2) is 0 Å². The molecule has 0 aromatic heterocycles. The Bertz CT molecular complexity index is 533. The summed E-state index contributed by atoms with van der Waals surface area (Å²) in [6.45, 7) is 4.06. The summed E-state index contributed by atoms with van der Waals surface area (Å²) in [5, 5.41) is 11.2. The van der Waals surface area contributed by atoms with Gasteiger partial charge in [-0.15, -0.1) is 0 Å². The van der Waals surface area contributed by atoms with E-state index in [1.54, 1.807) is 0 Å². The van der Waals surface area contributed by atoms with Crippen LogP contribution in [0.4, 0.5) is 0 Å². The summed E-state index contributed by atoms with van der Waals surface area (Å²) >= 11 is 0. The highest BCUT2D eigenvalue weighted by molar-refractivity contribution is 5.89. The molecule has 0 spiro atoms. The lowest BCUT2D eigenvalue weighted by Crippen LogP contribution is -1.83. The number of hydrogen-bond donors (Lipinski definition) is 0. The maximum absolute atomic E-state index is 9.00. The van der Waals surface area contributed by atoms with Crippen molar-refractivity contribution in [1.82, 2.24) is 0 Å². The molecule has 1 nitrogen and oxygen atoms in total. The fourth-order valence-corrected chi connectivity index (χ4v) is 1.71. The summed E-state index contributed by atoms with van der Waals surface area (Å²) in [4.78, 5) is 0. The van der Waals surface area contributed by atoms with Gasteiger partial charge in [-0.25, -0.2) is 0 Å². The van der Waals surface area contributed by atoms with Gasteiger partial charge < -0.3 is 0 Å². The minimum atomic E-state index is 0.767. The number of nitriles is 1. The standard InChI is InChI=1S/C13H11N/c1-9-3-4-11-5-10(2)6-12(8-14)13(11)7-9/h3-7H,1-2H3. The van der Waals surface area contributed by atoms with Crippen LogP contribution < -0.4 is 0 Å². The van der Waals surface area contributed by atoms with Gasteiger partial charge in [-0.2, -0.15) is 5.26 Å². The predicted molar refractivity (Wildman–Crippen MR) is 58.1 cm³/mol. The monoisotopic (exact) mass is 181 g/mol. The Balaban J connectivity index is 2.90. The quantitative estimate of drug-likeness (QED) is 0.611. The zero-order valence-electron chi connectivity index (χ0n) is 8.33. The van der Waals surface area contributed by atoms with Crippen molar-refractivity contribution >= 4 is 10.8 Å². The fraction of sp³-hybridized carbons (Fsp3) is 0.154. The Labute approximate surface area is 83.6 Å². The van der Waals surface area contributed by atoms with Crippen molar-refractivity contribution in [3.05, 3.63) is 47.0 Å². The van der Waals surface area contributed by atoms with E-state index in [2.05, 4.69) is 30.3 Å². The Morgan fingerprint density at radius 2 is 1.79 bits per heavy atom. The molecule has 0 amide bonds. The van der Waals surface area contributed by atoms with E-state index in [1.807, 2.05) is 19.9 Å². The molecule has 0 bridgehead atoms. The summed E-state index contributed by atoms with van der Waals surface area (Å²) in [6.07, 6.45) is 0. The van der Waals surface area contributed by atoms with E-state index in [1.165, 1.54) is 5.56 Å². The largest absolute Gasteiger partial charge is 0.192 e. The normalized spacial score (nSPS) is 10.1. The van der Waals surface area contributed by atoms with Gasteiger partial charge in [0, 0.05) is 0 Å². The molecule has 0 saturated carbocycles. The predicted octanol–water partition coefficient (Wildman–Crippen LogP) is 3.33. The second-order valence-electron chi connectivity index (χ2n) is 3.65. The molecule has 0 unspecified atom stereocenters. The van der Waals surface area contributed by atoms with E-state index in [9.17, 15) is 0 Å². The average molecular weight is 181 g/mol. The topological polar surface area (TPSA) is 23.8 Å². The lowest BCUT2D eigenvalue weighted by Gasteiger charge is -2.03. The molecule has 0 aliphatic rings. The van der Waals surface area contributed by atoms with Gasteiger partial charge in [0.25, 0.3) is 0 Å². The van der Waals surface area contributed by atoms with E-state index >= 15 is 0 Å². The molecule has 0 atom stereocenters. The molecule has 0 saturated heterocycles. The van der Waals surface area contributed by atoms with Crippen molar-refractivity contribution in [1.29, 1.82) is 5.26 Å². The molecule has 68 valence electrons. The molecule has 0 fully saturated rings. The van der Waals surface area contributed by atoms with Crippen LogP contribution in [0.1, 0.15) is 16.7 Å². The van der Waals surface area contributed by atoms with Crippen molar-refractivity contribution in [2.45, 2.75) is 13.8 Å². The Morgan fingerprint density at radius 3 is 2.50 bits per heavy atom. The van der Waals surface area contributed by atoms with Crippen LogP contribution in [0.25, 0.3) is 10.8 Å². The van der Waals surface area contributed by atoms with Crippen LogP contribution >= 0.6 is 0 Å². The van der Waals surface area contributed by atoms with Crippen LogP contribution in [0.3, 0.4) is 0 Å². The van der Waals surface area contributed by atoms with Gasteiger partial charge in [0.2, 0.25) is 0 Å². The van der Waals surface area contributed by atoms with E-state index < -0.39 is 0 Å². The third-order valence-electron chi connectivity index (χ3n) is 2.37. The van der Waals surface area contributed by atoms with Gasteiger partial charge in [-0.05, 0) is 36.2 Å². The molecule has 2 aromatic rings. The van der Waals surface area contributed by atoms with Crippen LogP contribution in [0.2, 0.25) is 0 Å². The van der Waals surface area contributed by atoms with Crippen molar-refractivity contribution in [2.75, 3.05) is 0 Å². The summed E-state index contributed by atoms with van der Waals surface area (Å²) in [5.74, 6) is 0.